The standard InChI is InChI=1S/C16H15NO2/c1-11(18)8-9-13-15-7-4-10-17(15)14-6-3-2-5-12(14)16(13)19/h2-7H,8-10H2,1H3. The van der Waals surface area contributed by atoms with E-state index in [2.05, 4.69) is 10.6 Å². The third kappa shape index (κ3) is 1.91. The van der Waals surface area contributed by atoms with Crippen LogP contribution in [0.4, 0.5) is 0 Å². The number of carbonyl (C=O) groups is 1. The van der Waals surface area contributed by atoms with Crippen LogP contribution in [0.5, 0.6) is 0 Å². The Balaban J connectivity index is 2.26. The van der Waals surface area contributed by atoms with Gasteiger partial charge in [-0.2, -0.15) is 0 Å². The number of nitrogens with zero attached hydrogens (tertiary/aromatic N) is 1. The molecular formula is C16H15NO2. The van der Waals surface area contributed by atoms with Crippen molar-refractivity contribution in [3.05, 3.63) is 51.8 Å². The van der Waals surface area contributed by atoms with Crippen LogP contribution in [0, 0.1) is 0 Å². The number of rotatable bonds is 3. The molecule has 19 heavy (non-hydrogen) atoms. The average molecular weight is 253 g/mol. The van der Waals surface area contributed by atoms with Gasteiger partial charge in [0.05, 0.1) is 5.52 Å². The van der Waals surface area contributed by atoms with Crippen LogP contribution in [0.15, 0.2) is 35.1 Å². The molecule has 0 unspecified atom stereocenters. The van der Waals surface area contributed by atoms with Gasteiger partial charge < -0.3 is 9.36 Å². The van der Waals surface area contributed by atoms with Gasteiger partial charge in [0, 0.05) is 29.6 Å². The predicted octanol–water partition coefficient (Wildman–Crippen LogP) is 2.55. The van der Waals surface area contributed by atoms with Crippen molar-refractivity contribution >= 4 is 22.8 Å². The largest absolute Gasteiger partial charge is 0.337 e. The molecule has 0 bridgehead atoms. The normalized spacial score (nSPS) is 12.9. The fraction of sp³-hybridized carbons (Fsp3) is 0.250. The minimum absolute atomic E-state index is 0.0645. The maximum atomic E-state index is 12.5. The highest BCUT2D eigenvalue weighted by Gasteiger charge is 2.17. The van der Waals surface area contributed by atoms with Crippen molar-refractivity contribution in [3.63, 3.8) is 0 Å². The summed E-state index contributed by atoms with van der Waals surface area (Å²) >= 11 is 0. The first-order valence-corrected chi connectivity index (χ1v) is 6.49. The lowest BCUT2D eigenvalue weighted by Gasteiger charge is -2.13. The molecule has 2 heterocycles. The number of carbonyl (C=O) groups excluding carboxylic acids is 1. The molecular weight excluding hydrogens is 238 g/mol. The quantitative estimate of drug-likeness (QED) is 0.843. The fourth-order valence-electron chi connectivity index (χ4n) is 2.67. The van der Waals surface area contributed by atoms with Crippen LogP contribution < -0.4 is 5.43 Å². The van der Waals surface area contributed by atoms with Gasteiger partial charge >= 0.3 is 0 Å². The summed E-state index contributed by atoms with van der Waals surface area (Å²) in [6.07, 6.45) is 4.99. The molecule has 2 aromatic rings. The Morgan fingerprint density at radius 3 is 2.89 bits per heavy atom. The Morgan fingerprint density at radius 1 is 1.32 bits per heavy atom. The number of hydrogen-bond donors (Lipinski definition) is 0. The summed E-state index contributed by atoms with van der Waals surface area (Å²) in [6, 6.07) is 7.67. The van der Waals surface area contributed by atoms with Crippen molar-refractivity contribution in [3.8, 4) is 0 Å². The van der Waals surface area contributed by atoms with Crippen LogP contribution in [0.2, 0.25) is 0 Å². The number of aromatic nitrogens is 1. The molecule has 0 N–H and O–H groups in total. The van der Waals surface area contributed by atoms with E-state index in [-0.39, 0.29) is 11.2 Å². The number of hydrogen-bond acceptors (Lipinski definition) is 2. The van der Waals surface area contributed by atoms with Crippen molar-refractivity contribution in [1.82, 2.24) is 4.57 Å². The van der Waals surface area contributed by atoms with Gasteiger partial charge in [-0.25, -0.2) is 0 Å². The van der Waals surface area contributed by atoms with Gasteiger partial charge in [0.15, 0.2) is 5.43 Å². The Hall–Kier alpha value is -2.16. The molecule has 3 nitrogen and oxygen atoms in total. The van der Waals surface area contributed by atoms with E-state index in [4.69, 9.17) is 0 Å². The van der Waals surface area contributed by atoms with Crippen LogP contribution in [-0.2, 0) is 17.8 Å². The summed E-state index contributed by atoms with van der Waals surface area (Å²) in [5, 5.41) is 0.744. The third-order valence-electron chi connectivity index (χ3n) is 3.60. The molecule has 96 valence electrons. The van der Waals surface area contributed by atoms with Crippen LogP contribution in [0.3, 0.4) is 0 Å². The summed E-state index contributed by atoms with van der Waals surface area (Å²) < 4.78 is 2.15. The second-order valence-corrected chi connectivity index (χ2v) is 4.93. The van der Waals surface area contributed by atoms with Crippen molar-refractivity contribution < 1.29 is 4.79 Å². The second kappa shape index (κ2) is 4.50. The van der Waals surface area contributed by atoms with Gasteiger partial charge in [0.25, 0.3) is 0 Å². The first kappa shape index (κ1) is 11.9. The van der Waals surface area contributed by atoms with Gasteiger partial charge in [-0.1, -0.05) is 18.2 Å². The topological polar surface area (TPSA) is 39.1 Å². The number of fused-ring (bicyclic) bond motifs is 3. The first-order chi connectivity index (χ1) is 9.18. The van der Waals surface area contributed by atoms with E-state index in [0.717, 1.165) is 28.7 Å². The van der Waals surface area contributed by atoms with Crippen LogP contribution >= 0.6 is 0 Å². The van der Waals surface area contributed by atoms with E-state index >= 15 is 0 Å². The second-order valence-electron chi connectivity index (χ2n) is 4.93. The van der Waals surface area contributed by atoms with Crippen LogP contribution in [-0.4, -0.2) is 10.4 Å². The Morgan fingerprint density at radius 2 is 2.11 bits per heavy atom. The molecule has 0 saturated carbocycles. The molecule has 1 aliphatic heterocycles. The fourth-order valence-corrected chi connectivity index (χ4v) is 2.67. The highest BCUT2D eigenvalue weighted by atomic mass is 16.1. The minimum Gasteiger partial charge on any atom is -0.337 e. The van der Waals surface area contributed by atoms with E-state index in [1.165, 1.54) is 0 Å². The Bertz CT molecular complexity index is 753. The van der Waals surface area contributed by atoms with E-state index in [0.29, 0.717) is 12.8 Å². The lowest BCUT2D eigenvalue weighted by Crippen LogP contribution is -2.17. The van der Waals surface area contributed by atoms with Gasteiger partial charge in [-0.15, -0.1) is 0 Å². The van der Waals surface area contributed by atoms with Gasteiger partial charge in [0.1, 0.15) is 5.78 Å². The lowest BCUT2D eigenvalue weighted by atomic mass is 10.0. The monoisotopic (exact) mass is 253 g/mol. The molecule has 0 fully saturated rings. The molecule has 1 aromatic carbocycles. The zero-order valence-electron chi connectivity index (χ0n) is 10.8. The molecule has 0 saturated heterocycles. The molecule has 0 radical (unpaired) electrons. The SMILES string of the molecule is CC(=O)CCc1c2n(c3ccccc3c1=O)CC=C2. The molecule has 1 aromatic heterocycles. The maximum absolute atomic E-state index is 12.5. The molecule has 0 spiro atoms. The molecule has 3 rings (SSSR count). The molecule has 0 amide bonds. The van der Waals surface area contributed by atoms with Crippen molar-refractivity contribution in [2.45, 2.75) is 26.3 Å². The smallest absolute Gasteiger partial charge is 0.193 e. The van der Waals surface area contributed by atoms with Gasteiger partial charge in [-0.05, 0) is 31.6 Å². The Kier molecular flexibility index (Phi) is 2.82. The Labute approximate surface area is 111 Å². The lowest BCUT2D eigenvalue weighted by molar-refractivity contribution is -0.116. The summed E-state index contributed by atoms with van der Waals surface area (Å²) in [6.45, 7) is 2.36. The molecule has 1 aliphatic rings. The van der Waals surface area contributed by atoms with Crippen LogP contribution in [0.1, 0.15) is 24.6 Å². The third-order valence-corrected chi connectivity index (χ3v) is 3.60. The molecule has 0 aliphatic carbocycles. The number of Topliss-reactive ketones (excluding diaryl/α,β-unsaturated/α-hetero) is 1. The minimum atomic E-state index is 0.0645. The van der Waals surface area contributed by atoms with Crippen molar-refractivity contribution in [1.29, 1.82) is 0 Å². The highest BCUT2D eigenvalue weighted by Crippen LogP contribution is 2.22. The average Bonchev–Trinajstić information content (AvgIpc) is 2.87. The predicted molar refractivity (Wildman–Crippen MR) is 76.2 cm³/mol. The first-order valence-electron chi connectivity index (χ1n) is 6.49. The number of pyridine rings is 1. The van der Waals surface area contributed by atoms with Crippen molar-refractivity contribution in [2.24, 2.45) is 0 Å². The zero-order valence-corrected chi connectivity index (χ0v) is 10.8. The van der Waals surface area contributed by atoms with Gasteiger partial charge in [-0.3, -0.25) is 4.79 Å². The zero-order chi connectivity index (χ0) is 13.4. The van der Waals surface area contributed by atoms with Crippen LogP contribution in [0.25, 0.3) is 17.0 Å². The highest BCUT2D eigenvalue weighted by molar-refractivity contribution is 5.83. The number of para-hydroxylation sites is 1. The van der Waals surface area contributed by atoms with E-state index in [1.807, 2.05) is 30.3 Å². The van der Waals surface area contributed by atoms with E-state index in [9.17, 15) is 9.59 Å². The number of allylic oxidation sites excluding steroid dienone is 1. The summed E-state index contributed by atoms with van der Waals surface area (Å²) in [7, 11) is 0. The molecule has 0 atom stereocenters. The van der Waals surface area contributed by atoms with E-state index in [1.54, 1.807) is 6.92 Å². The summed E-state index contributed by atoms with van der Waals surface area (Å²) in [4.78, 5) is 23.7. The van der Waals surface area contributed by atoms with Gasteiger partial charge in [0.2, 0.25) is 0 Å². The summed E-state index contributed by atoms with van der Waals surface area (Å²) in [5.41, 5.74) is 2.77. The maximum Gasteiger partial charge on any atom is 0.193 e. The van der Waals surface area contributed by atoms with Crippen molar-refractivity contribution in [2.75, 3.05) is 0 Å². The molecule has 3 heteroatoms. The number of benzene rings is 1. The number of ketones is 1. The van der Waals surface area contributed by atoms with E-state index < -0.39 is 0 Å². The summed E-state index contributed by atoms with van der Waals surface area (Å²) in [5.74, 6) is 0.119.